The van der Waals surface area contributed by atoms with Crippen LogP contribution in [0.4, 0.5) is 0 Å². The Labute approximate surface area is 302 Å². The normalized spacial score (nSPS) is 17.8. The molecule has 5 amide bonds. The van der Waals surface area contributed by atoms with Gasteiger partial charge in [-0.1, -0.05) is 78.3 Å². The maximum atomic E-state index is 13.8. The van der Waals surface area contributed by atoms with E-state index in [1.807, 2.05) is 51.1 Å². The Morgan fingerprint density at radius 3 is 1.96 bits per heavy atom. The predicted octanol–water partition coefficient (Wildman–Crippen LogP) is 1.37. The van der Waals surface area contributed by atoms with E-state index in [9.17, 15) is 33.9 Å². The largest absolute Gasteiger partial charge is 0.480 e. The van der Waals surface area contributed by atoms with Gasteiger partial charge < -0.3 is 42.7 Å². The molecule has 0 aliphatic carbocycles. The summed E-state index contributed by atoms with van der Waals surface area (Å²) in [5.41, 5.74) is 6.49. The number of benzene rings is 1. The molecule has 0 aromatic heterocycles. The first-order chi connectivity index (χ1) is 24.2. The number of unbranched alkanes of at least 4 members (excludes halogenated alkanes) is 1. The van der Waals surface area contributed by atoms with Crippen LogP contribution in [0.15, 0.2) is 30.3 Å². The second-order valence-electron chi connectivity index (χ2n) is 14.4. The first-order valence-corrected chi connectivity index (χ1v) is 18.4. The molecule has 1 aliphatic heterocycles. The molecular weight excluding hydrogens is 654 g/mol. The van der Waals surface area contributed by atoms with Gasteiger partial charge in [-0.15, -0.1) is 0 Å². The smallest absolute Gasteiger partial charge is 0.326 e. The lowest BCUT2D eigenvalue weighted by Gasteiger charge is -2.29. The average molecular weight is 716 g/mol. The van der Waals surface area contributed by atoms with Crippen LogP contribution in [-0.4, -0.2) is 90.0 Å². The average Bonchev–Trinajstić information content (AvgIpc) is 3.63. The lowest BCUT2D eigenvalue weighted by atomic mass is 9.97. The highest BCUT2D eigenvalue weighted by atomic mass is 16.4. The number of hydrogen-bond acceptors (Lipinski definition) is 8. The minimum Gasteiger partial charge on any atom is -0.480 e. The number of hydrogen-bond donors (Lipinski definition) is 8. The van der Waals surface area contributed by atoms with Crippen molar-refractivity contribution in [3.8, 4) is 0 Å². The number of amides is 5. The predicted molar refractivity (Wildman–Crippen MR) is 195 cm³/mol. The highest BCUT2D eigenvalue weighted by molar-refractivity contribution is 5.96. The van der Waals surface area contributed by atoms with Crippen LogP contribution in [0.5, 0.6) is 0 Å². The maximum Gasteiger partial charge on any atom is 0.326 e. The molecule has 7 unspecified atom stereocenters. The Bertz CT molecular complexity index is 1290. The second kappa shape index (κ2) is 22.0. The zero-order valence-corrected chi connectivity index (χ0v) is 31.1. The molecule has 286 valence electrons. The highest BCUT2D eigenvalue weighted by Crippen LogP contribution is 2.13. The maximum absolute atomic E-state index is 13.8. The van der Waals surface area contributed by atoms with Crippen molar-refractivity contribution in [2.24, 2.45) is 23.5 Å². The van der Waals surface area contributed by atoms with Gasteiger partial charge in [0.15, 0.2) is 0 Å². The van der Waals surface area contributed by atoms with Crippen LogP contribution < -0.4 is 37.6 Å². The fourth-order valence-electron chi connectivity index (χ4n) is 5.96. The number of carbonyl (C=O) groups is 6. The summed E-state index contributed by atoms with van der Waals surface area (Å²) >= 11 is 0. The van der Waals surface area contributed by atoms with E-state index < -0.39 is 65.8 Å². The van der Waals surface area contributed by atoms with Crippen molar-refractivity contribution < 1.29 is 33.9 Å². The Morgan fingerprint density at radius 1 is 0.804 bits per heavy atom. The van der Waals surface area contributed by atoms with Crippen LogP contribution >= 0.6 is 0 Å². The number of carboxylic acids is 1. The molecule has 1 aliphatic rings. The van der Waals surface area contributed by atoms with E-state index in [0.717, 1.165) is 12.0 Å². The fraction of sp³-hybridized carbons (Fsp3) is 0.676. The fourth-order valence-corrected chi connectivity index (χ4v) is 5.96. The van der Waals surface area contributed by atoms with Crippen molar-refractivity contribution >= 4 is 35.5 Å². The van der Waals surface area contributed by atoms with Gasteiger partial charge in [-0.25, -0.2) is 4.79 Å². The van der Waals surface area contributed by atoms with Gasteiger partial charge in [0.1, 0.15) is 30.2 Å². The number of carbonyl (C=O) groups excluding carboxylic acids is 5. The molecule has 7 atom stereocenters. The van der Waals surface area contributed by atoms with E-state index in [0.29, 0.717) is 38.8 Å². The van der Waals surface area contributed by atoms with Gasteiger partial charge in [0.05, 0.1) is 6.04 Å². The van der Waals surface area contributed by atoms with Gasteiger partial charge in [0, 0.05) is 6.42 Å². The van der Waals surface area contributed by atoms with Gasteiger partial charge in [0.2, 0.25) is 29.5 Å². The number of carboxylic acid groups (broad SMARTS) is 1. The van der Waals surface area contributed by atoms with Crippen molar-refractivity contribution in [2.75, 3.05) is 13.1 Å². The third-order valence-corrected chi connectivity index (χ3v) is 9.24. The quantitative estimate of drug-likeness (QED) is 0.0812. The summed E-state index contributed by atoms with van der Waals surface area (Å²) in [5.74, 6) is -4.57. The Balaban J connectivity index is 2.26. The summed E-state index contributed by atoms with van der Waals surface area (Å²) < 4.78 is 0. The molecule has 0 saturated carbocycles. The molecule has 0 spiro atoms. The van der Waals surface area contributed by atoms with Gasteiger partial charge in [-0.05, 0) is 74.9 Å². The zero-order valence-electron chi connectivity index (χ0n) is 31.1. The number of nitrogens with one attached hydrogen (secondary N) is 6. The first-order valence-electron chi connectivity index (χ1n) is 18.4. The van der Waals surface area contributed by atoms with E-state index in [2.05, 4.69) is 31.9 Å². The third kappa shape index (κ3) is 14.6. The molecule has 1 aromatic carbocycles. The Hall–Kier alpha value is -4.04. The molecule has 0 radical (unpaired) electrons. The van der Waals surface area contributed by atoms with Crippen LogP contribution in [0, 0.1) is 17.8 Å². The topological polar surface area (TPSA) is 221 Å². The van der Waals surface area contributed by atoms with Crippen LogP contribution in [0.1, 0.15) is 92.1 Å². The molecule has 1 saturated heterocycles. The summed E-state index contributed by atoms with van der Waals surface area (Å²) in [6.07, 6.45) is 3.81. The van der Waals surface area contributed by atoms with Crippen LogP contribution in [0.3, 0.4) is 0 Å². The molecule has 1 fully saturated rings. The van der Waals surface area contributed by atoms with Gasteiger partial charge in [0.25, 0.3) is 0 Å². The Kier molecular flexibility index (Phi) is 18.6. The summed E-state index contributed by atoms with van der Waals surface area (Å²) in [6, 6.07) is 3.61. The number of nitrogens with two attached hydrogens (primary N) is 1. The van der Waals surface area contributed by atoms with Gasteiger partial charge >= 0.3 is 5.97 Å². The monoisotopic (exact) mass is 715 g/mol. The van der Waals surface area contributed by atoms with Crippen molar-refractivity contribution in [3.63, 3.8) is 0 Å². The second-order valence-corrected chi connectivity index (χ2v) is 14.4. The van der Waals surface area contributed by atoms with Gasteiger partial charge in [-0.3, -0.25) is 24.0 Å². The van der Waals surface area contributed by atoms with E-state index in [1.165, 1.54) is 0 Å². The molecular formula is C37H61N7O7. The van der Waals surface area contributed by atoms with E-state index >= 15 is 0 Å². The summed E-state index contributed by atoms with van der Waals surface area (Å²) in [7, 11) is 0. The zero-order chi connectivity index (χ0) is 38.1. The van der Waals surface area contributed by atoms with Crippen molar-refractivity contribution in [1.82, 2.24) is 31.9 Å². The lowest BCUT2D eigenvalue weighted by Crippen LogP contribution is -2.60. The minimum absolute atomic E-state index is 0.0332. The first kappa shape index (κ1) is 43.1. The molecule has 0 bridgehead atoms. The van der Waals surface area contributed by atoms with Crippen LogP contribution in [0.2, 0.25) is 0 Å². The summed E-state index contributed by atoms with van der Waals surface area (Å²) in [6.45, 7) is 12.0. The number of rotatable bonds is 22. The number of aliphatic carboxylic acids is 1. The molecule has 9 N–H and O–H groups in total. The lowest BCUT2D eigenvalue weighted by molar-refractivity contribution is -0.144. The summed E-state index contributed by atoms with van der Waals surface area (Å²) in [4.78, 5) is 79.7. The third-order valence-electron chi connectivity index (χ3n) is 9.24. The molecule has 14 nitrogen and oxygen atoms in total. The van der Waals surface area contributed by atoms with E-state index in [-0.39, 0.29) is 42.9 Å². The minimum atomic E-state index is -1.17. The van der Waals surface area contributed by atoms with Gasteiger partial charge in [-0.2, -0.15) is 0 Å². The standard InChI is InChI=1S/C37H61N7O7/c1-7-24(6)31(37(50)51)44-33(46)27(16-11-12-18-38)40-34(47)28(20-22(2)3)42-36(49)30(23(4)5)43-35(48)29(21-25-14-9-8-10-15-25)41-32(45)26-17-13-19-39-26/h8-10,14-15,22-24,26-31,39H,7,11-13,16-21,38H2,1-6H3,(H,40,47)(H,41,45)(H,42,49)(H,43,48)(H,44,46)(H,50,51). The Morgan fingerprint density at radius 2 is 1.41 bits per heavy atom. The molecule has 1 heterocycles. The summed E-state index contributed by atoms with van der Waals surface area (Å²) in [5, 5.41) is 26.7. The van der Waals surface area contributed by atoms with Crippen molar-refractivity contribution in [2.45, 2.75) is 129 Å². The van der Waals surface area contributed by atoms with E-state index in [4.69, 9.17) is 5.73 Å². The molecule has 2 rings (SSSR count). The molecule has 1 aromatic rings. The SMILES string of the molecule is CCC(C)C(NC(=O)C(CCCCN)NC(=O)C(CC(C)C)NC(=O)C(NC(=O)C(Cc1ccccc1)NC(=O)C1CCCN1)C(C)C)C(=O)O. The van der Waals surface area contributed by atoms with Crippen molar-refractivity contribution in [1.29, 1.82) is 0 Å². The highest BCUT2D eigenvalue weighted by Gasteiger charge is 2.35. The molecule has 51 heavy (non-hydrogen) atoms. The van der Waals surface area contributed by atoms with Crippen LogP contribution in [-0.2, 0) is 35.2 Å². The van der Waals surface area contributed by atoms with E-state index in [1.54, 1.807) is 20.8 Å². The van der Waals surface area contributed by atoms with Crippen molar-refractivity contribution in [3.05, 3.63) is 35.9 Å². The molecule has 14 heteroatoms. The van der Waals surface area contributed by atoms with Crippen LogP contribution in [0.25, 0.3) is 0 Å².